The van der Waals surface area contributed by atoms with E-state index in [2.05, 4.69) is 34.4 Å². The lowest BCUT2D eigenvalue weighted by molar-refractivity contribution is 0.284. The lowest BCUT2D eigenvalue weighted by Crippen LogP contribution is -2.18. The Morgan fingerprint density at radius 3 is 2.72 bits per heavy atom. The minimum atomic E-state index is 0.797. The van der Waals surface area contributed by atoms with Crippen molar-refractivity contribution in [3.8, 4) is 0 Å². The molecule has 2 aromatic heterocycles. The average molecular weight is 245 g/mol. The van der Waals surface area contributed by atoms with E-state index < -0.39 is 0 Å². The minimum absolute atomic E-state index is 0.797. The molecule has 96 valence electrons. The van der Waals surface area contributed by atoms with E-state index in [4.69, 9.17) is 4.42 Å². The lowest BCUT2D eigenvalue weighted by Gasteiger charge is -2.15. The zero-order chi connectivity index (χ0) is 12.8. The average Bonchev–Trinajstić information content (AvgIpc) is 2.82. The Balaban J connectivity index is 1.93. The number of nitrogens with zero attached hydrogens (tertiary/aromatic N) is 2. The van der Waals surface area contributed by atoms with Gasteiger partial charge < -0.3 is 9.73 Å². The summed E-state index contributed by atoms with van der Waals surface area (Å²) in [5, 5.41) is 3.11. The van der Waals surface area contributed by atoms with Gasteiger partial charge in [0.25, 0.3) is 0 Å². The number of rotatable bonds is 6. The second-order valence-electron chi connectivity index (χ2n) is 4.40. The molecule has 0 aliphatic heterocycles. The highest BCUT2D eigenvalue weighted by atomic mass is 16.3. The first-order valence-electron chi connectivity index (χ1n) is 6.08. The van der Waals surface area contributed by atoms with Crippen molar-refractivity contribution >= 4 is 0 Å². The standard InChI is InChI=1S/C14H19N3O/c1-15-9-12-5-3-6-13(16-12)10-17(2)11-14-7-4-8-18-14/h3-8,15H,9-11H2,1-2H3. The molecule has 0 spiro atoms. The first-order chi connectivity index (χ1) is 8.78. The van der Waals surface area contributed by atoms with Crippen LogP contribution in [0, 0.1) is 0 Å². The van der Waals surface area contributed by atoms with Gasteiger partial charge in [-0.2, -0.15) is 0 Å². The van der Waals surface area contributed by atoms with E-state index in [0.29, 0.717) is 0 Å². The molecule has 0 aliphatic rings. The van der Waals surface area contributed by atoms with E-state index in [9.17, 15) is 0 Å². The zero-order valence-corrected chi connectivity index (χ0v) is 10.9. The van der Waals surface area contributed by atoms with Gasteiger partial charge in [-0.3, -0.25) is 9.88 Å². The Bertz CT molecular complexity index is 468. The van der Waals surface area contributed by atoms with Crippen molar-refractivity contribution in [3.05, 3.63) is 53.7 Å². The predicted octanol–water partition coefficient (Wildman–Crippen LogP) is 2.03. The smallest absolute Gasteiger partial charge is 0.117 e. The molecule has 18 heavy (non-hydrogen) atoms. The molecule has 0 amide bonds. The van der Waals surface area contributed by atoms with Crippen LogP contribution in [0.1, 0.15) is 17.1 Å². The van der Waals surface area contributed by atoms with Gasteiger partial charge in [0.15, 0.2) is 0 Å². The molecule has 2 rings (SSSR count). The second-order valence-corrected chi connectivity index (χ2v) is 4.40. The van der Waals surface area contributed by atoms with Crippen LogP contribution in [0.25, 0.3) is 0 Å². The SMILES string of the molecule is CNCc1cccc(CN(C)Cc2ccco2)n1. The molecule has 0 saturated carbocycles. The maximum atomic E-state index is 5.33. The fourth-order valence-electron chi connectivity index (χ4n) is 1.90. The van der Waals surface area contributed by atoms with E-state index in [1.807, 2.05) is 25.2 Å². The van der Waals surface area contributed by atoms with Crippen LogP contribution in [0.15, 0.2) is 41.0 Å². The normalized spacial score (nSPS) is 11.1. The van der Waals surface area contributed by atoms with Gasteiger partial charge in [-0.1, -0.05) is 6.07 Å². The maximum absolute atomic E-state index is 5.33. The predicted molar refractivity (Wildman–Crippen MR) is 70.9 cm³/mol. The quantitative estimate of drug-likeness (QED) is 0.845. The van der Waals surface area contributed by atoms with Gasteiger partial charge in [-0.15, -0.1) is 0 Å². The van der Waals surface area contributed by atoms with Crippen LogP contribution in [0.5, 0.6) is 0 Å². The van der Waals surface area contributed by atoms with Gasteiger partial charge in [0.1, 0.15) is 5.76 Å². The highest BCUT2D eigenvalue weighted by molar-refractivity contribution is 5.11. The fourth-order valence-corrected chi connectivity index (χ4v) is 1.90. The summed E-state index contributed by atoms with van der Waals surface area (Å²) in [7, 11) is 3.99. The third kappa shape index (κ3) is 3.68. The first-order valence-corrected chi connectivity index (χ1v) is 6.08. The highest BCUT2D eigenvalue weighted by Gasteiger charge is 2.05. The summed E-state index contributed by atoms with van der Waals surface area (Å²) in [6, 6.07) is 10.0. The van der Waals surface area contributed by atoms with E-state index >= 15 is 0 Å². The second kappa shape index (κ2) is 6.33. The third-order valence-corrected chi connectivity index (χ3v) is 2.66. The molecule has 0 unspecified atom stereocenters. The molecule has 2 aromatic rings. The van der Waals surface area contributed by atoms with Crippen molar-refractivity contribution in [1.29, 1.82) is 0 Å². The van der Waals surface area contributed by atoms with Gasteiger partial charge in [0.05, 0.1) is 24.2 Å². The van der Waals surface area contributed by atoms with Crippen LogP contribution in [0.4, 0.5) is 0 Å². The van der Waals surface area contributed by atoms with Crippen LogP contribution >= 0.6 is 0 Å². The van der Waals surface area contributed by atoms with E-state index in [1.165, 1.54) is 0 Å². The van der Waals surface area contributed by atoms with Gasteiger partial charge >= 0.3 is 0 Å². The molecule has 0 radical (unpaired) electrons. The third-order valence-electron chi connectivity index (χ3n) is 2.66. The summed E-state index contributed by atoms with van der Waals surface area (Å²) >= 11 is 0. The van der Waals surface area contributed by atoms with E-state index in [1.54, 1.807) is 6.26 Å². The number of nitrogens with one attached hydrogen (secondary N) is 1. The summed E-state index contributed by atoms with van der Waals surface area (Å²) in [6.45, 7) is 2.42. The van der Waals surface area contributed by atoms with Crippen molar-refractivity contribution in [2.24, 2.45) is 0 Å². The molecule has 0 aliphatic carbocycles. The minimum Gasteiger partial charge on any atom is -0.468 e. The van der Waals surface area contributed by atoms with Crippen molar-refractivity contribution < 1.29 is 4.42 Å². The van der Waals surface area contributed by atoms with Crippen LogP contribution < -0.4 is 5.32 Å². The maximum Gasteiger partial charge on any atom is 0.117 e. The van der Waals surface area contributed by atoms with E-state index in [-0.39, 0.29) is 0 Å². The number of hydrogen-bond donors (Lipinski definition) is 1. The number of hydrogen-bond acceptors (Lipinski definition) is 4. The van der Waals surface area contributed by atoms with Crippen LogP contribution in [-0.4, -0.2) is 24.0 Å². The van der Waals surface area contributed by atoms with Gasteiger partial charge in [-0.25, -0.2) is 0 Å². The number of pyridine rings is 1. The Hall–Kier alpha value is -1.65. The van der Waals surface area contributed by atoms with Crippen molar-refractivity contribution in [2.45, 2.75) is 19.6 Å². The Morgan fingerprint density at radius 2 is 2.00 bits per heavy atom. The molecule has 0 atom stereocenters. The molecule has 1 N–H and O–H groups in total. The van der Waals surface area contributed by atoms with Crippen LogP contribution in [0.2, 0.25) is 0 Å². The summed E-state index contributed by atoms with van der Waals surface area (Å²) in [5.41, 5.74) is 2.15. The lowest BCUT2D eigenvalue weighted by atomic mass is 10.3. The van der Waals surface area contributed by atoms with Crippen molar-refractivity contribution in [2.75, 3.05) is 14.1 Å². The van der Waals surface area contributed by atoms with Crippen molar-refractivity contribution in [3.63, 3.8) is 0 Å². The highest BCUT2D eigenvalue weighted by Crippen LogP contribution is 2.07. The van der Waals surface area contributed by atoms with Crippen LogP contribution in [-0.2, 0) is 19.6 Å². The van der Waals surface area contributed by atoms with Crippen molar-refractivity contribution in [1.82, 2.24) is 15.2 Å². The van der Waals surface area contributed by atoms with Gasteiger partial charge in [0.2, 0.25) is 0 Å². The zero-order valence-electron chi connectivity index (χ0n) is 10.9. The van der Waals surface area contributed by atoms with Gasteiger partial charge in [-0.05, 0) is 38.4 Å². The Labute approximate surface area is 108 Å². The monoisotopic (exact) mass is 245 g/mol. The number of aromatic nitrogens is 1. The summed E-state index contributed by atoms with van der Waals surface area (Å²) < 4.78 is 5.33. The first kappa shape index (κ1) is 12.8. The largest absolute Gasteiger partial charge is 0.468 e. The molecular weight excluding hydrogens is 226 g/mol. The van der Waals surface area contributed by atoms with Crippen LogP contribution in [0.3, 0.4) is 0 Å². The Morgan fingerprint density at radius 1 is 1.17 bits per heavy atom. The summed E-state index contributed by atoms with van der Waals surface area (Å²) in [4.78, 5) is 6.78. The molecule has 0 aromatic carbocycles. The molecule has 4 nitrogen and oxygen atoms in total. The molecule has 0 saturated heterocycles. The van der Waals surface area contributed by atoms with Gasteiger partial charge in [0, 0.05) is 13.1 Å². The molecule has 2 heterocycles. The Kier molecular flexibility index (Phi) is 4.50. The summed E-state index contributed by atoms with van der Waals surface area (Å²) in [6.07, 6.45) is 1.70. The topological polar surface area (TPSA) is 41.3 Å². The number of furan rings is 1. The van der Waals surface area contributed by atoms with E-state index in [0.717, 1.165) is 36.8 Å². The molecule has 0 bridgehead atoms. The molecular formula is C14H19N3O. The molecule has 0 fully saturated rings. The fraction of sp³-hybridized carbons (Fsp3) is 0.357. The molecule has 4 heteroatoms. The summed E-state index contributed by atoms with van der Waals surface area (Å²) in [5.74, 6) is 0.976.